The Morgan fingerprint density at radius 1 is 0.655 bits per heavy atom. The number of methoxy groups -OCH3 is 1. The highest BCUT2D eigenvalue weighted by Gasteiger charge is 2.12. The van der Waals surface area contributed by atoms with Crippen molar-refractivity contribution in [1.82, 2.24) is 0 Å². The van der Waals surface area contributed by atoms with Crippen molar-refractivity contribution in [2.24, 2.45) is 0 Å². The van der Waals surface area contributed by atoms with E-state index in [-0.39, 0.29) is 0 Å². The summed E-state index contributed by atoms with van der Waals surface area (Å²) in [4.78, 5) is 2.20. The van der Waals surface area contributed by atoms with E-state index in [4.69, 9.17) is 10.5 Å². The van der Waals surface area contributed by atoms with Gasteiger partial charge in [0.1, 0.15) is 5.75 Å². The first-order chi connectivity index (χ1) is 14.2. The SMILES string of the molecule is COc1cccc(Nc2ccc(N(c3ccccc3)c3ccc(N)cc3)cc2)c1. The molecule has 4 heteroatoms. The molecule has 144 valence electrons. The van der Waals surface area contributed by atoms with E-state index in [9.17, 15) is 0 Å². The van der Waals surface area contributed by atoms with Gasteiger partial charge in [0.05, 0.1) is 7.11 Å². The quantitative estimate of drug-likeness (QED) is 0.375. The minimum Gasteiger partial charge on any atom is -0.497 e. The first-order valence-corrected chi connectivity index (χ1v) is 9.45. The molecule has 0 radical (unpaired) electrons. The van der Waals surface area contributed by atoms with Crippen LogP contribution in [0.5, 0.6) is 5.75 Å². The number of nitrogens with one attached hydrogen (secondary N) is 1. The molecule has 0 spiro atoms. The highest BCUT2D eigenvalue weighted by Crippen LogP contribution is 2.35. The predicted octanol–water partition coefficient (Wildman–Crippen LogP) is 6.49. The fourth-order valence-electron chi connectivity index (χ4n) is 3.21. The molecule has 0 saturated carbocycles. The van der Waals surface area contributed by atoms with Crippen LogP contribution in [0.1, 0.15) is 0 Å². The Bertz CT molecular complexity index is 1060. The lowest BCUT2D eigenvalue weighted by Gasteiger charge is -2.25. The second-order valence-corrected chi connectivity index (χ2v) is 6.67. The van der Waals surface area contributed by atoms with E-state index in [0.29, 0.717) is 0 Å². The summed E-state index contributed by atoms with van der Waals surface area (Å²) in [6.07, 6.45) is 0. The number of ether oxygens (including phenoxy) is 1. The number of anilines is 6. The number of rotatable bonds is 6. The van der Waals surface area contributed by atoms with Crippen molar-refractivity contribution in [1.29, 1.82) is 0 Å². The summed E-state index contributed by atoms with van der Waals surface area (Å²) in [7, 11) is 1.67. The van der Waals surface area contributed by atoms with Gasteiger partial charge in [-0.05, 0) is 72.8 Å². The molecule has 0 unspecified atom stereocenters. The normalized spacial score (nSPS) is 10.4. The topological polar surface area (TPSA) is 50.5 Å². The summed E-state index contributed by atoms with van der Waals surface area (Å²) >= 11 is 0. The highest BCUT2D eigenvalue weighted by atomic mass is 16.5. The summed E-state index contributed by atoms with van der Waals surface area (Å²) in [5, 5.41) is 3.42. The minimum absolute atomic E-state index is 0.750. The number of nitrogens with two attached hydrogens (primary N) is 1. The number of para-hydroxylation sites is 1. The van der Waals surface area contributed by atoms with E-state index in [1.807, 2.05) is 66.7 Å². The third-order valence-electron chi connectivity index (χ3n) is 4.65. The van der Waals surface area contributed by atoms with Gasteiger partial charge < -0.3 is 20.7 Å². The average Bonchev–Trinajstić information content (AvgIpc) is 2.77. The van der Waals surface area contributed by atoms with Crippen LogP contribution >= 0.6 is 0 Å². The Morgan fingerprint density at radius 3 is 1.93 bits per heavy atom. The van der Waals surface area contributed by atoms with Crippen molar-refractivity contribution in [3.8, 4) is 5.75 Å². The molecule has 0 atom stereocenters. The molecule has 0 heterocycles. The zero-order valence-corrected chi connectivity index (χ0v) is 16.2. The smallest absolute Gasteiger partial charge is 0.120 e. The summed E-state index contributed by atoms with van der Waals surface area (Å²) in [6, 6.07) is 34.4. The summed E-state index contributed by atoms with van der Waals surface area (Å²) < 4.78 is 5.29. The Labute approximate surface area is 171 Å². The summed E-state index contributed by atoms with van der Waals surface area (Å²) in [6.45, 7) is 0. The van der Waals surface area contributed by atoms with Crippen LogP contribution < -0.4 is 20.7 Å². The molecule has 0 saturated heterocycles. The predicted molar refractivity (Wildman–Crippen MR) is 122 cm³/mol. The molecular weight excluding hydrogens is 358 g/mol. The van der Waals surface area contributed by atoms with Crippen LogP contribution in [0, 0.1) is 0 Å². The molecule has 0 aliphatic heterocycles. The molecule has 0 fully saturated rings. The number of nitrogen functional groups attached to an aromatic ring is 1. The van der Waals surface area contributed by atoms with Crippen molar-refractivity contribution in [3.05, 3.63) is 103 Å². The Balaban J connectivity index is 1.64. The fraction of sp³-hybridized carbons (Fsp3) is 0.0400. The van der Waals surface area contributed by atoms with Gasteiger partial charge in [-0.1, -0.05) is 24.3 Å². The Kier molecular flexibility index (Phi) is 5.34. The lowest BCUT2D eigenvalue weighted by atomic mass is 10.1. The van der Waals surface area contributed by atoms with Gasteiger partial charge in [0.2, 0.25) is 0 Å². The molecule has 0 bridgehead atoms. The maximum Gasteiger partial charge on any atom is 0.120 e. The monoisotopic (exact) mass is 381 g/mol. The molecule has 0 amide bonds. The van der Waals surface area contributed by atoms with Crippen molar-refractivity contribution in [3.63, 3.8) is 0 Å². The van der Waals surface area contributed by atoms with Gasteiger partial charge >= 0.3 is 0 Å². The zero-order valence-electron chi connectivity index (χ0n) is 16.2. The standard InChI is InChI=1S/C25H23N3O/c1-29-25-9-5-6-21(18-25)27-20-12-16-24(17-13-20)28(22-7-3-2-4-8-22)23-14-10-19(26)11-15-23/h2-18,27H,26H2,1H3. The Morgan fingerprint density at radius 2 is 1.28 bits per heavy atom. The second-order valence-electron chi connectivity index (χ2n) is 6.67. The van der Waals surface area contributed by atoms with Crippen LogP contribution in [-0.4, -0.2) is 7.11 Å². The third-order valence-corrected chi connectivity index (χ3v) is 4.65. The van der Waals surface area contributed by atoms with E-state index in [0.717, 1.165) is 39.9 Å². The van der Waals surface area contributed by atoms with Gasteiger partial charge in [0.15, 0.2) is 0 Å². The molecule has 0 aliphatic carbocycles. The van der Waals surface area contributed by atoms with E-state index in [1.165, 1.54) is 0 Å². The summed E-state index contributed by atoms with van der Waals surface area (Å²) in [5.74, 6) is 0.824. The van der Waals surface area contributed by atoms with E-state index in [1.54, 1.807) is 7.11 Å². The average molecular weight is 381 g/mol. The molecule has 4 nitrogen and oxygen atoms in total. The largest absolute Gasteiger partial charge is 0.497 e. The van der Waals surface area contributed by atoms with Gasteiger partial charge in [-0.25, -0.2) is 0 Å². The van der Waals surface area contributed by atoms with Crippen LogP contribution in [0.4, 0.5) is 34.1 Å². The first-order valence-electron chi connectivity index (χ1n) is 9.45. The van der Waals surface area contributed by atoms with Crippen molar-refractivity contribution in [2.45, 2.75) is 0 Å². The number of nitrogens with zero attached hydrogens (tertiary/aromatic N) is 1. The molecular formula is C25H23N3O. The molecule has 29 heavy (non-hydrogen) atoms. The van der Waals surface area contributed by atoms with Gasteiger partial charge in [-0.3, -0.25) is 0 Å². The van der Waals surface area contributed by atoms with Gasteiger partial charge in [-0.2, -0.15) is 0 Å². The number of hydrogen-bond acceptors (Lipinski definition) is 4. The minimum atomic E-state index is 0.750. The molecule has 4 rings (SSSR count). The maximum atomic E-state index is 5.88. The van der Waals surface area contributed by atoms with E-state index in [2.05, 4.69) is 46.6 Å². The summed E-state index contributed by atoms with van der Waals surface area (Å²) in [5.41, 5.74) is 11.8. The van der Waals surface area contributed by atoms with E-state index < -0.39 is 0 Å². The molecule has 4 aromatic rings. The third kappa shape index (κ3) is 4.33. The van der Waals surface area contributed by atoms with Crippen LogP contribution in [-0.2, 0) is 0 Å². The van der Waals surface area contributed by atoms with Gasteiger partial charge in [0, 0.05) is 40.2 Å². The molecule has 3 N–H and O–H groups in total. The highest BCUT2D eigenvalue weighted by molar-refractivity contribution is 5.78. The van der Waals surface area contributed by atoms with Crippen molar-refractivity contribution in [2.75, 3.05) is 23.1 Å². The van der Waals surface area contributed by atoms with Crippen molar-refractivity contribution >= 4 is 34.1 Å². The van der Waals surface area contributed by atoms with Crippen LogP contribution in [0.3, 0.4) is 0 Å². The Hall–Kier alpha value is -3.92. The van der Waals surface area contributed by atoms with Crippen molar-refractivity contribution < 1.29 is 4.74 Å². The lowest BCUT2D eigenvalue weighted by molar-refractivity contribution is 0.415. The second kappa shape index (κ2) is 8.40. The zero-order chi connectivity index (χ0) is 20.1. The number of benzene rings is 4. The molecule has 4 aromatic carbocycles. The molecule has 0 aromatic heterocycles. The fourth-order valence-corrected chi connectivity index (χ4v) is 3.21. The first kappa shape index (κ1) is 18.4. The van der Waals surface area contributed by atoms with E-state index >= 15 is 0 Å². The van der Waals surface area contributed by atoms with Crippen LogP contribution in [0.2, 0.25) is 0 Å². The lowest BCUT2D eigenvalue weighted by Crippen LogP contribution is -2.09. The number of hydrogen-bond donors (Lipinski definition) is 2. The van der Waals surface area contributed by atoms with Gasteiger partial charge in [0.25, 0.3) is 0 Å². The molecule has 0 aliphatic rings. The van der Waals surface area contributed by atoms with Gasteiger partial charge in [-0.15, -0.1) is 0 Å². The van der Waals surface area contributed by atoms with Crippen LogP contribution in [0.25, 0.3) is 0 Å². The maximum absolute atomic E-state index is 5.88. The van der Waals surface area contributed by atoms with Crippen LogP contribution in [0.15, 0.2) is 103 Å².